The van der Waals surface area contributed by atoms with Crippen LogP contribution in [0, 0.1) is 5.82 Å². The molecule has 0 fully saturated rings. The molecule has 3 N–H and O–H groups in total. The van der Waals surface area contributed by atoms with Gasteiger partial charge in [-0.05, 0) is 25.1 Å². The maximum absolute atomic E-state index is 13.7. The van der Waals surface area contributed by atoms with Crippen molar-refractivity contribution in [3.63, 3.8) is 0 Å². The number of benzene rings is 1. The predicted octanol–water partition coefficient (Wildman–Crippen LogP) is 1.89. The van der Waals surface area contributed by atoms with Crippen LogP contribution >= 0.6 is 0 Å². The van der Waals surface area contributed by atoms with Crippen molar-refractivity contribution < 1.29 is 9.18 Å². The topological polar surface area (TPSA) is 80.9 Å². The molecule has 5 nitrogen and oxygen atoms in total. The molecular weight excluding hydrogens is 247 g/mol. The Morgan fingerprint density at radius 2 is 2.21 bits per heavy atom. The summed E-state index contributed by atoms with van der Waals surface area (Å²) in [5, 5.41) is 2.94. The molecule has 1 heterocycles. The first-order valence-corrected chi connectivity index (χ1v) is 5.69. The minimum absolute atomic E-state index is 0.203. The van der Waals surface area contributed by atoms with Gasteiger partial charge >= 0.3 is 0 Å². The van der Waals surface area contributed by atoms with Crippen molar-refractivity contribution in [1.82, 2.24) is 9.97 Å². The highest BCUT2D eigenvalue weighted by Crippen LogP contribution is 2.21. The van der Waals surface area contributed by atoms with Gasteiger partial charge in [0.2, 0.25) is 5.91 Å². The molecule has 2 rings (SSSR count). The second kappa shape index (κ2) is 5.43. The molecule has 1 aromatic heterocycles. The van der Waals surface area contributed by atoms with E-state index in [-0.39, 0.29) is 17.3 Å². The zero-order valence-electron chi connectivity index (χ0n) is 10.3. The van der Waals surface area contributed by atoms with E-state index < -0.39 is 11.7 Å². The van der Waals surface area contributed by atoms with E-state index >= 15 is 0 Å². The van der Waals surface area contributed by atoms with Gasteiger partial charge in [-0.25, -0.2) is 4.39 Å². The Kier molecular flexibility index (Phi) is 3.70. The van der Waals surface area contributed by atoms with Gasteiger partial charge in [0, 0.05) is 18.0 Å². The summed E-state index contributed by atoms with van der Waals surface area (Å²) < 4.78 is 13.7. The lowest BCUT2D eigenvalue weighted by atomic mass is 10.1. The van der Waals surface area contributed by atoms with Gasteiger partial charge in [0.15, 0.2) is 0 Å². The summed E-state index contributed by atoms with van der Waals surface area (Å²) in [5.41, 5.74) is 6.28. The van der Waals surface area contributed by atoms with Crippen LogP contribution in [0.25, 0.3) is 0 Å². The molecule has 2 aromatic rings. The van der Waals surface area contributed by atoms with Crippen LogP contribution in [-0.2, 0) is 0 Å². The molecule has 1 unspecified atom stereocenters. The van der Waals surface area contributed by atoms with Crippen molar-refractivity contribution >= 4 is 11.6 Å². The molecular formula is C13H13FN4O. The maximum Gasteiger partial charge on any atom is 0.248 e. The molecule has 19 heavy (non-hydrogen) atoms. The average Bonchev–Trinajstić information content (AvgIpc) is 2.42. The third-order valence-corrected chi connectivity index (χ3v) is 2.65. The molecule has 1 aromatic carbocycles. The van der Waals surface area contributed by atoms with E-state index in [1.807, 2.05) is 6.92 Å². The minimum atomic E-state index is -0.602. The fourth-order valence-electron chi connectivity index (χ4n) is 1.63. The van der Waals surface area contributed by atoms with E-state index in [4.69, 9.17) is 5.73 Å². The number of nitrogens with one attached hydrogen (secondary N) is 1. The number of hydrogen-bond acceptors (Lipinski definition) is 4. The standard InChI is InChI=1S/C13H13FN4O/c1-8(12-7-16-4-5-17-12)18-11-6-9(13(15)19)2-3-10(11)14/h2-8,18H,1H3,(H2,15,19). The SMILES string of the molecule is CC(Nc1cc(C(N)=O)ccc1F)c1cnccn1. The van der Waals surface area contributed by atoms with E-state index in [1.165, 1.54) is 18.2 Å². The van der Waals surface area contributed by atoms with Crippen LogP contribution in [0.1, 0.15) is 29.0 Å². The fourth-order valence-corrected chi connectivity index (χ4v) is 1.63. The number of amides is 1. The van der Waals surface area contributed by atoms with E-state index in [1.54, 1.807) is 18.6 Å². The third-order valence-electron chi connectivity index (χ3n) is 2.65. The number of nitrogens with two attached hydrogens (primary N) is 1. The van der Waals surface area contributed by atoms with Gasteiger partial charge in [-0.15, -0.1) is 0 Å². The van der Waals surface area contributed by atoms with Gasteiger partial charge in [0.1, 0.15) is 5.82 Å². The minimum Gasteiger partial charge on any atom is -0.375 e. The van der Waals surface area contributed by atoms with Crippen LogP contribution in [0.15, 0.2) is 36.8 Å². The predicted molar refractivity (Wildman–Crippen MR) is 69.0 cm³/mol. The second-order valence-electron chi connectivity index (χ2n) is 4.06. The number of rotatable bonds is 4. The summed E-state index contributed by atoms with van der Waals surface area (Å²) >= 11 is 0. The maximum atomic E-state index is 13.7. The number of nitrogens with zero attached hydrogens (tertiary/aromatic N) is 2. The lowest BCUT2D eigenvalue weighted by Crippen LogP contribution is -2.14. The van der Waals surface area contributed by atoms with Crippen molar-refractivity contribution in [3.05, 3.63) is 53.9 Å². The van der Waals surface area contributed by atoms with Gasteiger partial charge in [-0.2, -0.15) is 0 Å². The lowest BCUT2D eigenvalue weighted by molar-refractivity contribution is 0.100. The Morgan fingerprint density at radius 3 is 2.84 bits per heavy atom. The van der Waals surface area contributed by atoms with E-state index in [9.17, 15) is 9.18 Å². The highest BCUT2D eigenvalue weighted by atomic mass is 19.1. The van der Waals surface area contributed by atoms with Crippen molar-refractivity contribution in [1.29, 1.82) is 0 Å². The molecule has 1 amide bonds. The molecule has 0 aliphatic heterocycles. The normalized spacial score (nSPS) is 11.9. The highest BCUT2D eigenvalue weighted by molar-refractivity contribution is 5.93. The average molecular weight is 260 g/mol. The Bertz CT molecular complexity index is 588. The van der Waals surface area contributed by atoms with Gasteiger partial charge < -0.3 is 11.1 Å². The number of carbonyl (C=O) groups is 1. The molecule has 0 spiro atoms. The molecule has 0 radical (unpaired) electrons. The smallest absolute Gasteiger partial charge is 0.248 e. The second-order valence-corrected chi connectivity index (χ2v) is 4.06. The molecule has 0 aliphatic rings. The summed E-state index contributed by atoms with van der Waals surface area (Å²) in [5.74, 6) is -1.06. The monoisotopic (exact) mass is 260 g/mol. The summed E-state index contributed by atoms with van der Waals surface area (Å²) in [6, 6.07) is 3.68. The van der Waals surface area contributed by atoms with E-state index in [0.29, 0.717) is 5.69 Å². The summed E-state index contributed by atoms with van der Waals surface area (Å²) in [4.78, 5) is 19.1. The van der Waals surface area contributed by atoms with Crippen molar-refractivity contribution in [2.45, 2.75) is 13.0 Å². The summed E-state index contributed by atoms with van der Waals surface area (Å²) in [6.45, 7) is 1.82. The number of hydrogen-bond donors (Lipinski definition) is 2. The zero-order chi connectivity index (χ0) is 13.8. The summed E-state index contributed by atoms with van der Waals surface area (Å²) in [7, 11) is 0. The van der Waals surface area contributed by atoms with E-state index in [2.05, 4.69) is 15.3 Å². The van der Waals surface area contributed by atoms with Crippen LogP contribution in [0.5, 0.6) is 0 Å². The Labute approximate surface area is 109 Å². The van der Waals surface area contributed by atoms with Gasteiger partial charge in [0.05, 0.1) is 23.6 Å². The van der Waals surface area contributed by atoms with Crippen LogP contribution in [0.4, 0.5) is 10.1 Å². The number of anilines is 1. The number of carbonyl (C=O) groups excluding carboxylic acids is 1. The van der Waals surface area contributed by atoms with E-state index in [0.717, 1.165) is 0 Å². The molecule has 0 aliphatic carbocycles. The molecule has 1 atom stereocenters. The quantitative estimate of drug-likeness (QED) is 0.879. The third kappa shape index (κ3) is 3.04. The first-order chi connectivity index (χ1) is 9.08. The molecule has 98 valence electrons. The first-order valence-electron chi connectivity index (χ1n) is 5.69. The largest absolute Gasteiger partial charge is 0.375 e. The Hall–Kier alpha value is -2.50. The molecule has 0 saturated carbocycles. The number of primary amides is 1. The van der Waals surface area contributed by atoms with Gasteiger partial charge in [-0.1, -0.05) is 0 Å². The van der Waals surface area contributed by atoms with Crippen LogP contribution < -0.4 is 11.1 Å². The van der Waals surface area contributed by atoms with Gasteiger partial charge in [0.25, 0.3) is 0 Å². The zero-order valence-corrected chi connectivity index (χ0v) is 10.3. The first kappa shape index (κ1) is 12.9. The van der Waals surface area contributed by atoms with Gasteiger partial charge in [-0.3, -0.25) is 14.8 Å². The van der Waals surface area contributed by atoms with Crippen molar-refractivity contribution in [2.75, 3.05) is 5.32 Å². The van der Waals surface area contributed by atoms with Crippen LogP contribution in [0.3, 0.4) is 0 Å². The van der Waals surface area contributed by atoms with Crippen molar-refractivity contribution in [2.24, 2.45) is 5.73 Å². The highest BCUT2D eigenvalue weighted by Gasteiger charge is 2.11. The molecule has 0 saturated heterocycles. The fraction of sp³-hybridized carbons (Fsp3) is 0.154. The molecule has 0 bridgehead atoms. The van der Waals surface area contributed by atoms with Crippen LogP contribution in [0.2, 0.25) is 0 Å². The Morgan fingerprint density at radius 1 is 1.42 bits per heavy atom. The van der Waals surface area contributed by atoms with Crippen molar-refractivity contribution in [3.8, 4) is 0 Å². The number of halogens is 1. The summed E-state index contributed by atoms with van der Waals surface area (Å²) in [6.07, 6.45) is 4.71. The molecule has 6 heteroatoms. The lowest BCUT2D eigenvalue weighted by Gasteiger charge is -2.15. The number of aromatic nitrogens is 2. The Balaban J connectivity index is 2.23. The van der Waals surface area contributed by atoms with Crippen LogP contribution in [-0.4, -0.2) is 15.9 Å².